The fourth-order valence-electron chi connectivity index (χ4n) is 3.65. The zero-order chi connectivity index (χ0) is 19.6. The van der Waals surface area contributed by atoms with Crippen LogP contribution < -0.4 is 0 Å². The second kappa shape index (κ2) is 7.92. The molecule has 2 saturated heterocycles. The molecular formula is C18H22FN3O4S. The lowest BCUT2D eigenvalue weighted by Gasteiger charge is -2.27. The van der Waals surface area contributed by atoms with Crippen LogP contribution in [0.5, 0.6) is 0 Å². The standard InChI is InChI=1S/C18H22FN3O4S/c1-26-15-9-17(18(23)21-6-2-3-7-21)22(11-15)27(24,25)12-14-8-13(10-20)4-5-16(14)19/h4-5,8,15,17H,2-3,6-7,9,11-12H2,1H3/t15-,17-/m0/s1. The summed E-state index contributed by atoms with van der Waals surface area (Å²) in [6.07, 6.45) is 1.72. The van der Waals surface area contributed by atoms with Crippen molar-refractivity contribution in [3.05, 3.63) is 35.1 Å². The van der Waals surface area contributed by atoms with Crippen LogP contribution in [0.15, 0.2) is 18.2 Å². The number of halogens is 1. The maximum Gasteiger partial charge on any atom is 0.241 e. The Morgan fingerprint density at radius 2 is 2.07 bits per heavy atom. The molecule has 0 unspecified atom stereocenters. The van der Waals surface area contributed by atoms with E-state index in [9.17, 15) is 17.6 Å². The van der Waals surface area contributed by atoms with Gasteiger partial charge in [-0.1, -0.05) is 0 Å². The van der Waals surface area contributed by atoms with Gasteiger partial charge in [-0.25, -0.2) is 12.8 Å². The Kier molecular flexibility index (Phi) is 5.79. The highest BCUT2D eigenvalue weighted by molar-refractivity contribution is 7.88. The predicted octanol–water partition coefficient (Wildman–Crippen LogP) is 1.24. The molecule has 27 heavy (non-hydrogen) atoms. The molecule has 146 valence electrons. The number of nitrogens with zero attached hydrogens (tertiary/aromatic N) is 3. The number of benzene rings is 1. The van der Waals surface area contributed by atoms with E-state index >= 15 is 0 Å². The summed E-state index contributed by atoms with van der Waals surface area (Å²) < 4.78 is 46.5. The maximum absolute atomic E-state index is 14.1. The topological polar surface area (TPSA) is 90.7 Å². The third-order valence-corrected chi connectivity index (χ3v) is 6.92. The maximum atomic E-state index is 14.1. The van der Waals surface area contributed by atoms with Crippen LogP contribution >= 0.6 is 0 Å². The second-order valence-corrected chi connectivity index (χ2v) is 8.81. The minimum absolute atomic E-state index is 0.0582. The third-order valence-electron chi connectivity index (χ3n) is 5.12. The van der Waals surface area contributed by atoms with E-state index in [0.717, 1.165) is 23.2 Å². The minimum Gasteiger partial charge on any atom is -0.380 e. The molecule has 7 nitrogen and oxygen atoms in total. The number of carbonyl (C=O) groups excluding carboxylic acids is 1. The molecule has 0 N–H and O–H groups in total. The molecule has 1 aromatic rings. The molecule has 2 heterocycles. The number of nitriles is 1. The number of methoxy groups -OCH3 is 1. The van der Waals surface area contributed by atoms with Gasteiger partial charge < -0.3 is 9.64 Å². The average Bonchev–Trinajstić information content (AvgIpc) is 3.33. The lowest BCUT2D eigenvalue weighted by molar-refractivity contribution is -0.133. The van der Waals surface area contributed by atoms with Gasteiger partial charge in [0.05, 0.1) is 23.5 Å². The van der Waals surface area contributed by atoms with E-state index in [0.29, 0.717) is 13.1 Å². The fraction of sp³-hybridized carbons (Fsp3) is 0.556. The van der Waals surface area contributed by atoms with Crippen LogP contribution in [0, 0.1) is 17.1 Å². The Balaban J connectivity index is 1.86. The van der Waals surface area contributed by atoms with Crippen molar-refractivity contribution in [2.45, 2.75) is 37.2 Å². The first-order valence-corrected chi connectivity index (χ1v) is 10.5. The number of likely N-dealkylation sites (tertiary alicyclic amines) is 1. The van der Waals surface area contributed by atoms with Crippen LogP contribution in [-0.2, 0) is 25.3 Å². The number of sulfonamides is 1. The van der Waals surface area contributed by atoms with E-state index in [4.69, 9.17) is 10.00 Å². The minimum atomic E-state index is -3.97. The van der Waals surface area contributed by atoms with E-state index in [2.05, 4.69) is 0 Å². The molecule has 0 spiro atoms. The van der Waals surface area contributed by atoms with E-state index < -0.39 is 27.6 Å². The highest BCUT2D eigenvalue weighted by Crippen LogP contribution is 2.28. The second-order valence-electron chi connectivity index (χ2n) is 6.89. The van der Waals surface area contributed by atoms with E-state index in [1.807, 2.05) is 6.07 Å². The van der Waals surface area contributed by atoms with Gasteiger partial charge in [0.15, 0.2) is 0 Å². The Morgan fingerprint density at radius 1 is 1.37 bits per heavy atom. The average molecular weight is 395 g/mol. The number of carbonyl (C=O) groups is 1. The van der Waals surface area contributed by atoms with Gasteiger partial charge in [-0.2, -0.15) is 9.57 Å². The summed E-state index contributed by atoms with van der Waals surface area (Å²) in [5.74, 6) is -1.52. The quantitative estimate of drug-likeness (QED) is 0.748. The van der Waals surface area contributed by atoms with Crippen molar-refractivity contribution >= 4 is 15.9 Å². The SMILES string of the molecule is CO[C@H]1C[C@@H](C(=O)N2CCCC2)N(S(=O)(=O)Cc2cc(C#N)ccc2F)C1. The summed E-state index contributed by atoms with van der Waals surface area (Å²) in [6.45, 7) is 1.31. The predicted molar refractivity (Wildman–Crippen MR) is 95.5 cm³/mol. The van der Waals surface area contributed by atoms with Crippen molar-refractivity contribution in [2.24, 2.45) is 0 Å². The first-order valence-electron chi connectivity index (χ1n) is 8.85. The van der Waals surface area contributed by atoms with Crippen LogP contribution in [0.25, 0.3) is 0 Å². The first kappa shape index (κ1) is 19.7. The van der Waals surface area contributed by atoms with Crippen LogP contribution in [0.1, 0.15) is 30.4 Å². The third kappa shape index (κ3) is 4.13. The van der Waals surface area contributed by atoms with Crippen molar-refractivity contribution in [3.63, 3.8) is 0 Å². The highest BCUT2D eigenvalue weighted by atomic mass is 32.2. The molecule has 0 aliphatic carbocycles. The smallest absolute Gasteiger partial charge is 0.241 e. The van der Waals surface area contributed by atoms with Crippen LogP contribution in [0.4, 0.5) is 4.39 Å². The zero-order valence-corrected chi connectivity index (χ0v) is 15.9. The summed E-state index contributed by atoms with van der Waals surface area (Å²) in [5, 5.41) is 8.97. The van der Waals surface area contributed by atoms with Gasteiger partial charge >= 0.3 is 0 Å². The molecule has 0 aromatic heterocycles. The van der Waals surface area contributed by atoms with Gasteiger partial charge in [-0.3, -0.25) is 4.79 Å². The summed E-state index contributed by atoms with van der Waals surface area (Å²) in [6, 6.07) is 4.65. The number of hydrogen-bond acceptors (Lipinski definition) is 5. The van der Waals surface area contributed by atoms with Crippen molar-refractivity contribution in [1.82, 2.24) is 9.21 Å². The Morgan fingerprint density at radius 3 is 2.70 bits per heavy atom. The Labute approximate surface area is 158 Å². The molecule has 3 rings (SSSR count). The number of ether oxygens (including phenoxy) is 1. The summed E-state index contributed by atoms with van der Waals surface area (Å²) in [7, 11) is -2.49. The van der Waals surface area contributed by atoms with Crippen molar-refractivity contribution < 1.29 is 22.3 Å². The van der Waals surface area contributed by atoms with Crippen molar-refractivity contribution in [1.29, 1.82) is 5.26 Å². The summed E-state index contributed by atoms with van der Waals surface area (Å²) >= 11 is 0. The molecule has 1 aromatic carbocycles. The molecule has 2 atom stereocenters. The van der Waals surface area contributed by atoms with Crippen LogP contribution in [0.2, 0.25) is 0 Å². The molecule has 2 aliphatic heterocycles. The number of hydrogen-bond donors (Lipinski definition) is 0. The molecule has 0 saturated carbocycles. The van der Waals surface area contributed by atoms with Gasteiger partial charge in [-0.05, 0) is 31.0 Å². The monoisotopic (exact) mass is 395 g/mol. The van der Waals surface area contributed by atoms with Gasteiger partial charge in [0, 0.05) is 38.7 Å². The van der Waals surface area contributed by atoms with Gasteiger partial charge in [-0.15, -0.1) is 0 Å². The lowest BCUT2D eigenvalue weighted by atomic mass is 10.1. The van der Waals surface area contributed by atoms with Gasteiger partial charge in [0.2, 0.25) is 15.9 Å². The normalized spacial score (nSPS) is 23.5. The van der Waals surface area contributed by atoms with Gasteiger partial charge in [0.1, 0.15) is 11.9 Å². The summed E-state index contributed by atoms with van der Waals surface area (Å²) in [4.78, 5) is 14.5. The van der Waals surface area contributed by atoms with Crippen LogP contribution in [0.3, 0.4) is 0 Å². The molecular weight excluding hydrogens is 373 g/mol. The number of rotatable bonds is 5. The largest absolute Gasteiger partial charge is 0.380 e. The molecule has 9 heteroatoms. The molecule has 0 bridgehead atoms. The molecule has 0 radical (unpaired) electrons. The molecule has 1 amide bonds. The van der Waals surface area contributed by atoms with Gasteiger partial charge in [0.25, 0.3) is 0 Å². The number of amides is 1. The first-order chi connectivity index (χ1) is 12.9. The molecule has 2 aliphatic rings. The van der Waals surface area contributed by atoms with Crippen LogP contribution in [-0.4, -0.2) is 62.4 Å². The van der Waals surface area contributed by atoms with Crippen molar-refractivity contribution in [3.8, 4) is 6.07 Å². The fourth-order valence-corrected chi connectivity index (χ4v) is 5.39. The van der Waals surface area contributed by atoms with E-state index in [1.165, 1.54) is 19.2 Å². The van der Waals surface area contributed by atoms with E-state index in [1.54, 1.807) is 4.90 Å². The lowest BCUT2D eigenvalue weighted by Crippen LogP contribution is -2.47. The molecule has 2 fully saturated rings. The Bertz CT molecular complexity index is 862. The zero-order valence-electron chi connectivity index (χ0n) is 15.1. The summed E-state index contributed by atoms with van der Waals surface area (Å²) in [5.41, 5.74) is 0.102. The highest BCUT2D eigenvalue weighted by Gasteiger charge is 2.45. The Hall–Kier alpha value is -2.02. The van der Waals surface area contributed by atoms with E-state index in [-0.39, 0.29) is 36.1 Å². The van der Waals surface area contributed by atoms with Crippen molar-refractivity contribution in [2.75, 3.05) is 26.7 Å².